The van der Waals surface area contributed by atoms with Crippen LogP contribution in [0.15, 0.2) is 28.8 Å². The number of aromatic nitrogens is 2. The number of hydrogen-bond acceptors (Lipinski definition) is 6. The summed E-state index contributed by atoms with van der Waals surface area (Å²) >= 11 is 0. The number of nitrogens with two attached hydrogens (primary N) is 1. The first kappa shape index (κ1) is 18.4. The third kappa shape index (κ3) is 4.22. The maximum absolute atomic E-state index is 12.6. The highest BCUT2D eigenvalue weighted by Gasteiger charge is 2.28. The summed E-state index contributed by atoms with van der Waals surface area (Å²) < 4.78 is 10.4. The van der Waals surface area contributed by atoms with Gasteiger partial charge in [-0.05, 0) is 43.0 Å². The zero-order valence-corrected chi connectivity index (χ0v) is 15.4. The van der Waals surface area contributed by atoms with E-state index in [-0.39, 0.29) is 11.9 Å². The number of aryl methyl sites for hydroxylation is 1. The van der Waals surface area contributed by atoms with E-state index in [2.05, 4.69) is 17.1 Å². The number of carbonyl (C=O) groups excluding carboxylic acids is 1. The van der Waals surface area contributed by atoms with E-state index in [4.69, 9.17) is 15.0 Å². The number of carbonyl (C=O) groups is 1. The van der Waals surface area contributed by atoms with E-state index in [0.717, 1.165) is 30.7 Å². The van der Waals surface area contributed by atoms with Gasteiger partial charge in [0, 0.05) is 37.5 Å². The predicted octanol–water partition coefficient (Wildman–Crippen LogP) is 2.26. The molecule has 1 aromatic heterocycles. The molecule has 1 aromatic carbocycles. The molecule has 1 saturated heterocycles. The first-order chi connectivity index (χ1) is 12.6. The van der Waals surface area contributed by atoms with Crippen molar-refractivity contribution in [2.75, 3.05) is 20.2 Å². The fourth-order valence-electron chi connectivity index (χ4n) is 3.37. The van der Waals surface area contributed by atoms with E-state index in [9.17, 15) is 4.79 Å². The van der Waals surface area contributed by atoms with E-state index in [0.29, 0.717) is 37.0 Å². The lowest BCUT2D eigenvalue weighted by molar-refractivity contribution is -0.135. The van der Waals surface area contributed by atoms with Crippen molar-refractivity contribution in [1.29, 1.82) is 0 Å². The number of amides is 1. The van der Waals surface area contributed by atoms with Gasteiger partial charge in [0.2, 0.25) is 17.6 Å². The Morgan fingerprint density at radius 1 is 1.38 bits per heavy atom. The van der Waals surface area contributed by atoms with Gasteiger partial charge in [-0.25, -0.2) is 0 Å². The molecule has 140 valence electrons. The van der Waals surface area contributed by atoms with Crippen LogP contribution in [0.2, 0.25) is 0 Å². The molecule has 0 saturated carbocycles. The van der Waals surface area contributed by atoms with Crippen molar-refractivity contribution in [2.24, 2.45) is 11.7 Å². The summed E-state index contributed by atoms with van der Waals surface area (Å²) in [5.41, 5.74) is 6.69. The normalized spacial score (nSPS) is 20.2. The van der Waals surface area contributed by atoms with Crippen LogP contribution in [0.1, 0.15) is 32.1 Å². The minimum atomic E-state index is 0.108. The van der Waals surface area contributed by atoms with Gasteiger partial charge in [0.05, 0.1) is 7.11 Å². The van der Waals surface area contributed by atoms with Crippen molar-refractivity contribution < 1.29 is 14.1 Å². The third-order valence-corrected chi connectivity index (χ3v) is 4.94. The number of likely N-dealkylation sites (tertiary alicyclic amines) is 1. The zero-order valence-electron chi connectivity index (χ0n) is 15.4. The SMILES string of the molecule is COc1ccc(-c2noc(CCC(=O)N3CCC(C)CC3CN)n2)cc1. The van der Waals surface area contributed by atoms with Gasteiger partial charge in [0.15, 0.2) is 0 Å². The molecule has 2 aromatic rings. The van der Waals surface area contributed by atoms with E-state index >= 15 is 0 Å². The molecule has 1 aliphatic heterocycles. The maximum atomic E-state index is 12.6. The number of nitrogens with zero attached hydrogens (tertiary/aromatic N) is 3. The van der Waals surface area contributed by atoms with Gasteiger partial charge >= 0.3 is 0 Å². The second kappa shape index (κ2) is 8.31. The molecule has 1 aliphatic rings. The Hall–Kier alpha value is -2.41. The van der Waals surface area contributed by atoms with Crippen molar-refractivity contribution in [1.82, 2.24) is 15.0 Å². The molecule has 7 nitrogen and oxygen atoms in total. The van der Waals surface area contributed by atoms with Crippen molar-refractivity contribution in [3.05, 3.63) is 30.2 Å². The summed E-state index contributed by atoms with van der Waals surface area (Å²) in [4.78, 5) is 18.9. The van der Waals surface area contributed by atoms with Gasteiger partial charge in [0.25, 0.3) is 0 Å². The summed E-state index contributed by atoms with van der Waals surface area (Å²) in [7, 11) is 1.62. The molecule has 0 aliphatic carbocycles. The molecule has 2 heterocycles. The van der Waals surface area contributed by atoms with Crippen LogP contribution in [0.4, 0.5) is 0 Å². The van der Waals surface area contributed by atoms with Gasteiger partial charge in [-0.3, -0.25) is 4.79 Å². The highest BCUT2D eigenvalue weighted by atomic mass is 16.5. The van der Waals surface area contributed by atoms with Gasteiger partial charge in [0.1, 0.15) is 5.75 Å². The Balaban J connectivity index is 1.58. The standard InChI is InChI=1S/C19H26N4O3/c1-13-9-10-23(15(11-13)12-20)18(24)8-7-17-21-19(22-26-17)14-3-5-16(25-2)6-4-14/h3-6,13,15H,7-12,20H2,1-2H3. The molecule has 0 radical (unpaired) electrons. The molecule has 2 N–H and O–H groups in total. The van der Waals surface area contributed by atoms with E-state index in [1.165, 1.54) is 0 Å². The number of ether oxygens (including phenoxy) is 1. The van der Waals surface area contributed by atoms with Crippen LogP contribution in [-0.2, 0) is 11.2 Å². The molecular formula is C19H26N4O3. The second-order valence-corrected chi connectivity index (χ2v) is 6.85. The minimum Gasteiger partial charge on any atom is -0.497 e. The summed E-state index contributed by atoms with van der Waals surface area (Å²) in [6.07, 6.45) is 2.80. The molecular weight excluding hydrogens is 332 g/mol. The number of piperidine rings is 1. The summed E-state index contributed by atoms with van der Waals surface area (Å²) in [6.45, 7) is 3.50. The van der Waals surface area contributed by atoms with E-state index < -0.39 is 0 Å². The Morgan fingerprint density at radius 3 is 2.85 bits per heavy atom. The van der Waals surface area contributed by atoms with Crippen molar-refractivity contribution >= 4 is 5.91 Å². The largest absolute Gasteiger partial charge is 0.497 e. The van der Waals surface area contributed by atoms with Crippen LogP contribution in [-0.4, -0.2) is 47.2 Å². The highest BCUT2D eigenvalue weighted by molar-refractivity contribution is 5.76. The van der Waals surface area contributed by atoms with Gasteiger partial charge in [-0.2, -0.15) is 4.98 Å². The van der Waals surface area contributed by atoms with Crippen LogP contribution >= 0.6 is 0 Å². The first-order valence-corrected chi connectivity index (χ1v) is 9.07. The molecule has 1 fully saturated rings. The van der Waals surface area contributed by atoms with Crippen LogP contribution in [0.3, 0.4) is 0 Å². The van der Waals surface area contributed by atoms with Crippen molar-refractivity contribution in [3.8, 4) is 17.1 Å². The van der Waals surface area contributed by atoms with Crippen LogP contribution in [0, 0.1) is 5.92 Å². The molecule has 1 amide bonds. The summed E-state index contributed by atoms with van der Waals surface area (Å²) in [5.74, 6) is 2.49. The number of benzene rings is 1. The van der Waals surface area contributed by atoms with Crippen LogP contribution in [0.25, 0.3) is 11.4 Å². The Morgan fingerprint density at radius 2 is 2.15 bits per heavy atom. The zero-order chi connectivity index (χ0) is 18.5. The summed E-state index contributed by atoms with van der Waals surface area (Å²) in [6, 6.07) is 7.58. The Kier molecular flexibility index (Phi) is 5.88. The van der Waals surface area contributed by atoms with E-state index in [1.54, 1.807) is 7.11 Å². The monoisotopic (exact) mass is 358 g/mol. The molecule has 2 atom stereocenters. The fourth-order valence-corrected chi connectivity index (χ4v) is 3.37. The number of hydrogen-bond donors (Lipinski definition) is 1. The molecule has 0 spiro atoms. The minimum absolute atomic E-state index is 0.108. The van der Waals surface area contributed by atoms with Crippen LogP contribution in [0.5, 0.6) is 5.75 Å². The molecule has 0 bridgehead atoms. The maximum Gasteiger partial charge on any atom is 0.227 e. The Labute approximate surface area is 153 Å². The number of methoxy groups -OCH3 is 1. The number of rotatable bonds is 6. The molecule has 26 heavy (non-hydrogen) atoms. The molecule has 3 rings (SSSR count). The van der Waals surface area contributed by atoms with Crippen LogP contribution < -0.4 is 10.5 Å². The predicted molar refractivity (Wildman–Crippen MR) is 97.6 cm³/mol. The third-order valence-electron chi connectivity index (χ3n) is 4.94. The average Bonchev–Trinajstić information content (AvgIpc) is 3.15. The lowest BCUT2D eigenvalue weighted by atomic mass is 9.92. The van der Waals surface area contributed by atoms with Gasteiger partial charge in [-0.15, -0.1) is 0 Å². The Bertz CT molecular complexity index is 729. The fraction of sp³-hybridized carbons (Fsp3) is 0.526. The van der Waals surface area contributed by atoms with Gasteiger partial charge in [-0.1, -0.05) is 12.1 Å². The smallest absolute Gasteiger partial charge is 0.227 e. The quantitative estimate of drug-likeness (QED) is 0.851. The first-order valence-electron chi connectivity index (χ1n) is 9.07. The lowest BCUT2D eigenvalue weighted by Gasteiger charge is -2.38. The second-order valence-electron chi connectivity index (χ2n) is 6.85. The van der Waals surface area contributed by atoms with Crippen molar-refractivity contribution in [2.45, 2.75) is 38.6 Å². The van der Waals surface area contributed by atoms with Crippen molar-refractivity contribution in [3.63, 3.8) is 0 Å². The molecule has 7 heteroatoms. The lowest BCUT2D eigenvalue weighted by Crippen LogP contribution is -2.49. The van der Waals surface area contributed by atoms with Gasteiger partial charge < -0.3 is 19.9 Å². The van der Waals surface area contributed by atoms with E-state index in [1.807, 2.05) is 29.2 Å². The highest BCUT2D eigenvalue weighted by Crippen LogP contribution is 2.23. The average molecular weight is 358 g/mol. The topological polar surface area (TPSA) is 94.5 Å². The molecule has 2 unspecified atom stereocenters. The summed E-state index contributed by atoms with van der Waals surface area (Å²) in [5, 5.41) is 4.00.